The molecule has 1 unspecified atom stereocenters. The van der Waals surface area contributed by atoms with Gasteiger partial charge in [-0.2, -0.15) is 0 Å². The molecule has 0 aliphatic rings. The number of imidazole rings is 1. The minimum atomic E-state index is -0.381. The van der Waals surface area contributed by atoms with Crippen LogP contribution in [0.25, 0.3) is 21.8 Å². The number of anilines is 1. The highest BCUT2D eigenvalue weighted by Gasteiger charge is 2.19. The molecule has 0 fully saturated rings. The first kappa shape index (κ1) is 17.0. The molecule has 2 heterocycles. The van der Waals surface area contributed by atoms with Crippen molar-refractivity contribution in [2.24, 2.45) is 0 Å². The predicted octanol–water partition coefficient (Wildman–Crippen LogP) is 4.69. The van der Waals surface area contributed by atoms with E-state index < -0.39 is 0 Å². The number of aryl methyl sites for hydroxylation is 1. The lowest BCUT2D eigenvalue weighted by molar-refractivity contribution is -0.383. The molecule has 0 radical (unpaired) electrons. The van der Waals surface area contributed by atoms with Gasteiger partial charge in [-0.05, 0) is 38.1 Å². The molecule has 0 saturated carbocycles. The van der Waals surface area contributed by atoms with Crippen molar-refractivity contribution in [2.75, 3.05) is 5.32 Å². The minimum Gasteiger partial charge on any atom is -0.375 e. The summed E-state index contributed by atoms with van der Waals surface area (Å²) in [5, 5.41) is 16.1. The molecule has 0 saturated heterocycles. The van der Waals surface area contributed by atoms with E-state index in [-0.39, 0.29) is 16.7 Å². The second kappa shape index (κ2) is 6.68. The Morgan fingerprint density at radius 2 is 2.00 bits per heavy atom. The van der Waals surface area contributed by atoms with Gasteiger partial charge in [-0.15, -0.1) is 0 Å². The summed E-state index contributed by atoms with van der Waals surface area (Å²) in [5.41, 5.74) is 2.93. The maximum Gasteiger partial charge on any atom is 0.278 e. The van der Waals surface area contributed by atoms with Crippen LogP contribution in [-0.4, -0.2) is 19.5 Å². The Balaban J connectivity index is 1.77. The van der Waals surface area contributed by atoms with E-state index in [1.54, 1.807) is 18.3 Å². The molecule has 0 amide bonds. The summed E-state index contributed by atoms with van der Waals surface area (Å²) in [6.07, 6.45) is 3.17. The Kier molecular flexibility index (Phi) is 4.19. The van der Waals surface area contributed by atoms with Crippen LogP contribution in [0.2, 0.25) is 0 Å². The van der Waals surface area contributed by atoms with Crippen molar-refractivity contribution in [1.29, 1.82) is 0 Å². The lowest BCUT2D eigenvalue weighted by atomic mass is 10.1. The highest BCUT2D eigenvalue weighted by atomic mass is 16.6. The van der Waals surface area contributed by atoms with Crippen molar-refractivity contribution in [3.63, 3.8) is 0 Å². The summed E-state index contributed by atoms with van der Waals surface area (Å²) in [7, 11) is 0. The van der Waals surface area contributed by atoms with Crippen molar-refractivity contribution in [2.45, 2.75) is 26.4 Å². The van der Waals surface area contributed by atoms with Crippen LogP contribution in [0.4, 0.5) is 11.4 Å². The molecule has 7 nitrogen and oxygen atoms in total. The Hall–Kier alpha value is -3.48. The molecule has 0 bridgehead atoms. The molecule has 4 rings (SSSR count). The number of benzene rings is 2. The van der Waals surface area contributed by atoms with E-state index in [9.17, 15) is 10.1 Å². The zero-order valence-electron chi connectivity index (χ0n) is 15.1. The van der Waals surface area contributed by atoms with Gasteiger partial charge in [-0.3, -0.25) is 15.1 Å². The van der Waals surface area contributed by atoms with E-state index in [2.05, 4.69) is 27.9 Å². The van der Waals surface area contributed by atoms with E-state index in [0.717, 1.165) is 34.5 Å². The number of para-hydroxylation sites is 2. The minimum absolute atomic E-state index is 0.0529. The first-order valence-electron chi connectivity index (χ1n) is 8.83. The number of non-ortho nitro benzene ring substituents is 1. The smallest absolute Gasteiger partial charge is 0.278 e. The fraction of sp³-hybridized carbons (Fsp3) is 0.200. The van der Waals surface area contributed by atoms with Crippen LogP contribution in [0.1, 0.15) is 25.7 Å². The van der Waals surface area contributed by atoms with Gasteiger partial charge in [-0.25, -0.2) is 4.98 Å². The molecular formula is C20H19N5O2. The van der Waals surface area contributed by atoms with E-state index in [4.69, 9.17) is 4.98 Å². The van der Waals surface area contributed by atoms with Crippen LogP contribution in [0.5, 0.6) is 0 Å². The van der Waals surface area contributed by atoms with Crippen LogP contribution in [0.3, 0.4) is 0 Å². The first-order chi connectivity index (χ1) is 13.1. The largest absolute Gasteiger partial charge is 0.375 e. The maximum atomic E-state index is 11.3. The molecule has 1 N–H and O–H groups in total. The Morgan fingerprint density at radius 1 is 1.19 bits per heavy atom. The molecule has 0 aliphatic heterocycles. The van der Waals surface area contributed by atoms with Crippen LogP contribution in [-0.2, 0) is 6.54 Å². The highest BCUT2D eigenvalue weighted by molar-refractivity contribution is 5.99. The fourth-order valence-corrected chi connectivity index (χ4v) is 3.52. The van der Waals surface area contributed by atoms with E-state index >= 15 is 0 Å². The third-order valence-electron chi connectivity index (χ3n) is 4.75. The third-order valence-corrected chi connectivity index (χ3v) is 4.75. The quantitative estimate of drug-likeness (QED) is 0.412. The second-order valence-corrected chi connectivity index (χ2v) is 6.38. The van der Waals surface area contributed by atoms with Gasteiger partial charge in [0.1, 0.15) is 5.82 Å². The number of nitro benzene ring substituents is 1. The van der Waals surface area contributed by atoms with Crippen LogP contribution in [0, 0.1) is 10.1 Å². The van der Waals surface area contributed by atoms with Gasteiger partial charge < -0.3 is 9.88 Å². The monoisotopic (exact) mass is 361 g/mol. The summed E-state index contributed by atoms with van der Waals surface area (Å²) >= 11 is 0. The number of pyridine rings is 1. The number of nitro groups is 1. The molecule has 2 aromatic heterocycles. The van der Waals surface area contributed by atoms with Crippen LogP contribution < -0.4 is 5.32 Å². The lowest BCUT2D eigenvalue weighted by Crippen LogP contribution is -2.13. The van der Waals surface area contributed by atoms with Crippen molar-refractivity contribution < 1.29 is 4.92 Å². The van der Waals surface area contributed by atoms with Crippen molar-refractivity contribution in [3.8, 4) is 0 Å². The van der Waals surface area contributed by atoms with Crippen molar-refractivity contribution in [1.82, 2.24) is 14.5 Å². The summed E-state index contributed by atoms with van der Waals surface area (Å²) in [4.78, 5) is 19.7. The Bertz CT molecular complexity index is 1150. The van der Waals surface area contributed by atoms with Gasteiger partial charge in [0.15, 0.2) is 0 Å². The number of fused-ring (bicyclic) bond motifs is 2. The Morgan fingerprint density at radius 3 is 2.78 bits per heavy atom. The molecule has 1 atom stereocenters. The lowest BCUT2D eigenvalue weighted by Gasteiger charge is -2.18. The van der Waals surface area contributed by atoms with Gasteiger partial charge in [0.05, 0.1) is 27.4 Å². The van der Waals surface area contributed by atoms with Crippen molar-refractivity contribution in [3.05, 3.63) is 70.8 Å². The van der Waals surface area contributed by atoms with Gasteiger partial charge in [0, 0.05) is 36.1 Å². The van der Waals surface area contributed by atoms with Gasteiger partial charge >= 0.3 is 0 Å². The molecule has 7 heteroatoms. The summed E-state index contributed by atoms with van der Waals surface area (Å²) in [6.45, 7) is 4.95. The normalized spacial score (nSPS) is 12.4. The number of nitrogens with zero attached hydrogens (tertiary/aromatic N) is 4. The summed E-state index contributed by atoms with van der Waals surface area (Å²) < 4.78 is 2.18. The number of rotatable bonds is 5. The van der Waals surface area contributed by atoms with Crippen LogP contribution >= 0.6 is 0 Å². The van der Waals surface area contributed by atoms with Gasteiger partial charge in [0.25, 0.3) is 5.69 Å². The van der Waals surface area contributed by atoms with Gasteiger partial charge in [-0.1, -0.05) is 12.1 Å². The summed E-state index contributed by atoms with van der Waals surface area (Å²) in [6, 6.07) is 13.0. The molecule has 4 aromatic rings. The van der Waals surface area contributed by atoms with E-state index in [0.29, 0.717) is 5.39 Å². The van der Waals surface area contributed by atoms with E-state index in [1.165, 1.54) is 12.3 Å². The molecule has 0 aliphatic carbocycles. The summed E-state index contributed by atoms with van der Waals surface area (Å²) in [5.74, 6) is 0.930. The SMILES string of the molecule is CCn1c(C(C)Nc2ccc([N+](=O)[O-])c3cnccc23)nc2ccccc21. The number of aromatic nitrogens is 3. The van der Waals surface area contributed by atoms with Gasteiger partial charge in [0.2, 0.25) is 0 Å². The first-order valence-corrected chi connectivity index (χ1v) is 8.83. The molecule has 2 aromatic carbocycles. The Labute approximate surface area is 155 Å². The zero-order chi connectivity index (χ0) is 19.0. The second-order valence-electron chi connectivity index (χ2n) is 6.38. The fourth-order valence-electron chi connectivity index (χ4n) is 3.52. The average molecular weight is 361 g/mol. The zero-order valence-corrected chi connectivity index (χ0v) is 15.1. The highest BCUT2D eigenvalue weighted by Crippen LogP contribution is 2.33. The standard InChI is InChI=1S/C20H19N5O2/c1-3-24-19-7-5-4-6-17(19)23-20(24)13(2)22-16-8-9-18(25(26)27)15-12-21-11-10-14(15)16/h4-13,22H,3H2,1-2H3. The predicted molar refractivity (Wildman–Crippen MR) is 106 cm³/mol. The molecule has 0 spiro atoms. The molecule has 27 heavy (non-hydrogen) atoms. The number of nitrogens with one attached hydrogen (secondary N) is 1. The van der Waals surface area contributed by atoms with Crippen molar-refractivity contribution >= 4 is 33.2 Å². The third kappa shape index (κ3) is 2.87. The van der Waals surface area contributed by atoms with E-state index in [1.807, 2.05) is 25.1 Å². The number of hydrogen-bond donors (Lipinski definition) is 1. The van der Waals surface area contributed by atoms with Crippen LogP contribution in [0.15, 0.2) is 54.9 Å². The molecular weight excluding hydrogens is 342 g/mol. The maximum absolute atomic E-state index is 11.3. The topological polar surface area (TPSA) is 85.9 Å². The average Bonchev–Trinajstić information content (AvgIpc) is 3.06. The number of hydrogen-bond acceptors (Lipinski definition) is 5. The molecule has 136 valence electrons.